The summed E-state index contributed by atoms with van der Waals surface area (Å²) < 4.78 is 10.3. The first-order valence-electron chi connectivity index (χ1n) is 7.16. The number of ether oxygens (including phenoxy) is 2. The second-order valence-electron chi connectivity index (χ2n) is 4.86. The smallest absolute Gasteiger partial charge is 0.270 e. The van der Waals surface area contributed by atoms with Gasteiger partial charge in [-0.1, -0.05) is 0 Å². The Morgan fingerprint density at radius 1 is 1.43 bits per heavy atom. The minimum Gasteiger partial charge on any atom is -0.385 e. The molecule has 1 aliphatic heterocycles. The number of carbonyl (C=O) groups is 1. The lowest BCUT2D eigenvalue weighted by molar-refractivity contribution is 0.0943. The van der Waals surface area contributed by atoms with E-state index >= 15 is 0 Å². The number of anilines is 1. The Morgan fingerprint density at radius 3 is 2.90 bits per heavy atom. The Bertz CT molecular complexity index is 475. The lowest BCUT2D eigenvalue weighted by Gasteiger charge is -2.28. The van der Waals surface area contributed by atoms with Gasteiger partial charge in [-0.25, -0.2) is 9.97 Å². The summed E-state index contributed by atoms with van der Waals surface area (Å²) in [4.78, 5) is 22.8. The van der Waals surface area contributed by atoms with Crippen LogP contribution in [0.25, 0.3) is 0 Å². The third-order valence-electron chi connectivity index (χ3n) is 3.20. The molecule has 1 fully saturated rings. The first-order valence-corrected chi connectivity index (χ1v) is 7.16. The van der Waals surface area contributed by atoms with Crippen molar-refractivity contribution in [2.75, 3.05) is 51.5 Å². The van der Waals surface area contributed by atoms with E-state index in [1.165, 1.54) is 0 Å². The molecule has 1 amide bonds. The number of morpholine rings is 1. The van der Waals surface area contributed by atoms with E-state index in [1.54, 1.807) is 20.1 Å². The number of methoxy groups -OCH3 is 1. The normalized spacial score (nSPS) is 15.0. The number of amides is 1. The number of carbonyl (C=O) groups excluding carboxylic acids is 1. The molecular formula is C14H22N4O3. The van der Waals surface area contributed by atoms with E-state index in [9.17, 15) is 4.79 Å². The van der Waals surface area contributed by atoms with Crippen molar-refractivity contribution < 1.29 is 14.3 Å². The Balaban J connectivity index is 2.01. The average molecular weight is 294 g/mol. The van der Waals surface area contributed by atoms with Crippen LogP contribution < -0.4 is 10.2 Å². The SMILES string of the molecule is COCCCNC(=O)c1cc(N2CCOCC2)nc(C)n1. The fraction of sp³-hybridized carbons (Fsp3) is 0.643. The quantitative estimate of drug-likeness (QED) is 0.765. The minimum absolute atomic E-state index is 0.175. The van der Waals surface area contributed by atoms with Gasteiger partial charge in [0.1, 0.15) is 17.3 Å². The predicted octanol–water partition coefficient (Wildman–Crippen LogP) is 0.388. The molecule has 1 saturated heterocycles. The Morgan fingerprint density at radius 2 is 2.19 bits per heavy atom. The second kappa shape index (κ2) is 7.90. The van der Waals surface area contributed by atoms with E-state index in [1.807, 2.05) is 0 Å². The van der Waals surface area contributed by atoms with E-state index in [2.05, 4.69) is 20.2 Å². The van der Waals surface area contributed by atoms with Crippen molar-refractivity contribution in [3.05, 3.63) is 17.6 Å². The van der Waals surface area contributed by atoms with Gasteiger partial charge in [0.05, 0.1) is 13.2 Å². The molecular weight excluding hydrogens is 272 g/mol. The standard InChI is InChI=1S/C14H22N4O3/c1-11-16-12(14(19)15-4-3-7-20-2)10-13(17-11)18-5-8-21-9-6-18/h10H,3-9H2,1-2H3,(H,15,19). The van der Waals surface area contributed by atoms with Crippen molar-refractivity contribution in [2.24, 2.45) is 0 Å². The van der Waals surface area contributed by atoms with Crippen LogP contribution in [0.5, 0.6) is 0 Å². The van der Waals surface area contributed by atoms with Crippen molar-refractivity contribution in [1.29, 1.82) is 0 Å². The van der Waals surface area contributed by atoms with Crippen LogP contribution in [0.15, 0.2) is 6.07 Å². The highest BCUT2D eigenvalue weighted by molar-refractivity contribution is 5.92. The zero-order chi connectivity index (χ0) is 15.1. The molecule has 2 rings (SSSR count). The lowest BCUT2D eigenvalue weighted by atomic mass is 10.3. The maximum atomic E-state index is 12.1. The number of rotatable bonds is 6. The first-order chi connectivity index (χ1) is 10.2. The van der Waals surface area contributed by atoms with Crippen LogP contribution >= 0.6 is 0 Å². The van der Waals surface area contributed by atoms with Gasteiger partial charge in [-0.3, -0.25) is 4.79 Å². The van der Waals surface area contributed by atoms with Gasteiger partial charge in [0.25, 0.3) is 5.91 Å². The Kier molecular flexibility index (Phi) is 5.89. The van der Waals surface area contributed by atoms with Crippen LogP contribution in [0.2, 0.25) is 0 Å². The molecule has 21 heavy (non-hydrogen) atoms. The fourth-order valence-corrected chi connectivity index (χ4v) is 2.13. The van der Waals surface area contributed by atoms with Gasteiger partial charge in [0, 0.05) is 39.4 Å². The zero-order valence-corrected chi connectivity index (χ0v) is 12.6. The van der Waals surface area contributed by atoms with Crippen LogP contribution in [0.1, 0.15) is 22.7 Å². The highest BCUT2D eigenvalue weighted by Crippen LogP contribution is 2.14. The van der Waals surface area contributed by atoms with Crippen molar-refractivity contribution in [2.45, 2.75) is 13.3 Å². The summed E-state index contributed by atoms with van der Waals surface area (Å²) in [7, 11) is 1.64. The molecule has 1 aromatic rings. The van der Waals surface area contributed by atoms with Crippen LogP contribution in [-0.2, 0) is 9.47 Å². The molecule has 0 radical (unpaired) electrons. The van der Waals surface area contributed by atoms with Gasteiger partial charge >= 0.3 is 0 Å². The molecule has 7 nitrogen and oxygen atoms in total. The molecule has 0 spiro atoms. The van der Waals surface area contributed by atoms with Gasteiger partial charge in [0.2, 0.25) is 0 Å². The van der Waals surface area contributed by atoms with Gasteiger partial charge in [0.15, 0.2) is 0 Å². The summed E-state index contributed by atoms with van der Waals surface area (Å²) in [5.74, 6) is 1.21. The van der Waals surface area contributed by atoms with Crippen molar-refractivity contribution in [3.8, 4) is 0 Å². The Labute approximate surface area is 124 Å². The molecule has 1 aliphatic rings. The van der Waals surface area contributed by atoms with Crippen molar-refractivity contribution in [3.63, 3.8) is 0 Å². The molecule has 1 N–H and O–H groups in total. The van der Waals surface area contributed by atoms with E-state index in [0.717, 1.165) is 25.3 Å². The van der Waals surface area contributed by atoms with Crippen LogP contribution in [0.3, 0.4) is 0 Å². The number of nitrogens with one attached hydrogen (secondary N) is 1. The zero-order valence-electron chi connectivity index (χ0n) is 12.6. The number of aryl methyl sites for hydroxylation is 1. The van der Waals surface area contributed by atoms with E-state index in [4.69, 9.17) is 9.47 Å². The molecule has 0 aromatic carbocycles. The number of aromatic nitrogens is 2. The molecule has 1 aromatic heterocycles. The lowest BCUT2D eigenvalue weighted by Crippen LogP contribution is -2.37. The highest BCUT2D eigenvalue weighted by atomic mass is 16.5. The maximum Gasteiger partial charge on any atom is 0.270 e. The van der Waals surface area contributed by atoms with Gasteiger partial charge in [-0.2, -0.15) is 0 Å². The average Bonchev–Trinajstić information content (AvgIpc) is 2.51. The van der Waals surface area contributed by atoms with Gasteiger partial charge in [-0.15, -0.1) is 0 Å². The van der Waals surface area contributed by atoms with Crippen molar-refractivity contribution >= 4 is 11.7 Å². The van der Waals surface area contributed by atoms with E-state index in [-0.39, 0.29) is 5.91 Å². The molecule has 2 heterocycles. The minimum atomic E-state index is -0.175. The van der Waals surface area contributed by atoms with Crippen LogP contribution in [0.4, 0.5) is 5.82 Å². The maximum absolute atomic E-state index is 12.1. The van der Waals surface area contributed by atoms with Crippen LogP contribution in [-0.4, -0.2) is 62.4 Å². The third-order valence-corrected chi connectivity index (χ3v) is 3.20. The van der Waals surface area contributed by atoms with Gasteiger partial charge in [-0.05, 0) is 13.3 Å². The fourth-order valence-electron chi connectivity index (χ4n) is 2.13. The summed E-state index contributed by atoms with van der Waals surface area (Å²) in [6, 6.07) is 1.74. The molecule has 0 bridgehead atoms. The third kappa shape index (κ3) is 4.64. The van der Waals surface area contributed by atoms with Crippen LogP contribution in [0, 0.1) is 6.92 Å². The summed E-state index contributed by atoms with van der Waals surface area (Å²) in [6.07, 6.45) is 0.780. The summed E-state index contributed by atoms with van der Waals surface area (Å²) in [6.45, 7) is 5.93. The molecule has 0 aliphatic carbocycles. The molecule has 116 valence electrons. The predicted molar refractivity (Wildman–Crippen MR) is 78.6 cm³/mol. The van der Waals surface area contributed by atoms with Gasteiger partial charge < -0.3 is 19.7 Å². The Hall–Kier alpha value is -1.73. The van der Waals surface area contributed by atoms with E-state index in [0.29, 0.717) is 37.9 Å². The topological polar surface area (TPSA) is 76.6 Å². The summed E-state index contributed by atoms with van der Waals surface area (Å²) >= 11 is 0. The molecule has 0 atom stereocenters. The molecule has 7 heteroatoms. The van der Waals surface area contributed by atoms with Crippen molar-refractivity contribution in [1.82, 2.24) is 15.3 Å². The monoisotopic (exact) mass is 294 g/mol. The summed E-state index contributed by atoms with van der Waals surface area (Å²) in [5.41, 5.74) is 0.404. The molecule has 0 saturated carbocycles. The summed E-state index contributed by atoms with van der Waals surface area (Å²) in [5, 5.41) is 2.84. The highest BCUT2D eigenvalue weighted by Gasteiger charge is 2.16. The van der Waals surface area contributed by atoms with E-state index < -0.39 is 0 Å². The number of nitrogens with zero attached hydrogens (tertiary/aromatic N) is 3. The first kappa shape index (κ1) is 15.7. The number of hydrogen-bond donors (Lipinski definition) is 1. The number of hydrogen-bond acceptors (Lipinski definition) is 6. The largest absolute Gasteiger partial charge is 0.385 e. The molecule has 0 unspecified atom stereocenters. The second-order valence-corrected chi connectivity index (χ2v) is 4.86.